The van der Waals surface area contributed by atoms with Crippen LogP contribution in [0.2, 0.25) is 0 Å². The monoisotopic (exact) mass is 383 g/mol. The highest BCUT2D eigenvalue weighted by molar-refractivity contribution is 6.36. The molecule has 1 aliphatic heterocycles. The standard InChI is InChI=1S/C24H21N3O2/c1-16-9-11-18(12-10-16)21-22(26-19-8-5-6-17(2)14-19)24(29)27(23(21)28)15-20-7-3-4-13-25-20/h3-14,26H,15H2,1-2H3. The van der Waals surface area contributed by atoms with Crippen molar-refractivity contribution in [2.75, 3.05) is 5.32 Å². The number of imide groups is 1. The Kier molecular flexibility index (Phi) is 4.96. The van der Waals surface area contributed by atoms with E-state index in [1.165, 1.54) is 4.90 Å². The maximum atomic E-state index is 13.3. The van der Waals surface area contributed by atoms with Gasteiger partial charge in [-0.1, -0.05) is 48.0 Å². The number of aromatic nitrogens is 1. The van der Waals surface area contributed by atoms with Crippen molar-refractivity contribution in [2.45, 2.75) is 20.4 Å². The first kappa shape index (κ1) is 18.6. The van der Waals surface area contributed by atoms with Crippen LogP contribution in [0.5, 0.6) is 0 Å². The third-order valence-corrected chi connectivity index (χ3v) is 4.84. The minimum absolute atomic E-state index is 0.132. The third-order valence-electron chi connectivity index (χ3n) is 4.84. The summed E-state index contributed by atoms with van der Waals surface area (Å²) >= 11 is 0. The Balaban J connectivity index is 1.75. The molecule has 2 heterocycles. The third kappa shape index (κ3) is 3.80. The van der Waals surface area contributed by atoms with E-state index in [1.807, 2.05) is 68.4 Å². The molecule has 0 fully saturated rings. The smallest absolute Gasteiger partial charge is 0.278 e. The summed E-state index contributed by atoms with van der Waals surface area (Å²) in [5.41, 5.74) is 4.97. The van der Waals surface area contributed by atoms with Crippen LogP contribution < -0.4 is 5.32 Å². The highest BCUT2D eigenvalue weighted by Gasteiger charge is 2.39. The molecule has 5 nitrogen and oxygen atoms in total. The van der Waals surface area contributed by atoms with Gasteiger partial charge < -0.3 is 5.32 Å². The molecule has 1 N–H and O–H groups in total. The maximum Gasteiger partial charge on any atom is 0.278 e. The number of hydrogen-bond donors (Lipinski definition) is 1. The Morgan fingerprint density at radius 1 is 0.862 bits per heavy atom. The molecule has 0 aliphatic carbocycles. The lowest BCUT2D eigenvalue weighted by Gasteiger charge is -2.15. The molecule has 0 spiro atoms. The number of aryl methyl sites for hydroxylation is 2. The predicted octanol–water partition coefficient (Wildman–Crippen LogP) is 4.09. The number of carbonyl (C=O) groups excluding carboxylic acids is 2. The number of rotatable bonds is 5. The average Bonchev–Trinajstić information content (AvgIpc) is 2.94. The van der Waals surface area contributed by atoms with Gasteiger partial charge in [0.2, 0.25) is 0 Å². The molecule has 2 amide bonds. The molecule has 0 saturated heterocycles. The van der Waals surface area contributed by atoms with E-state index in [0.717, 1.165) is 16.8 Å². The fourth-order valence-corrected chi connectivity index (χ4v) is 3.34. The van der Waals surface area contributed by atoms with Gasteiger partial charge in [-0.15, -0.1) is 0 Å². The SMILES string of the molecule is Cc1ccc(C2=C(Nc3cccc(C)c3)C(=O)N(Cc3ccccn3)C2=O)cc1. The van der Waals surface area contributed by atoms with Crippen LogP contribution in [-0.4, -0.2) is 21.7 Å². The average molecular weight is 383 g/mol. The van der Waals surface area contributed by atoms with Crippen LogP contribution in [-0.2, 0) is 16.1 Å². The topological polar surface area (TPSA) is 62.3 Å². The zero-order valence-corrected chi connectivity index (χ0v) is 16.3. The molecular weight excluding hydrogens is 362 g/mol. The van der Waals surface area contributed by atoms with Crippen molar-refractivity contribution in [3.8, 4) is 0 Å². The molecule has 0 unspecified atom stereocenters. The second-order valence-electron chi connectivity index (χ2n) is 7.13. The lowest BCUT2D eigenvalue weighted by molar-refractivity contribution is -0.137. The zero-order chi connectivity index (χ0) is 20.4. The van der Waals surface area contributed by atoms with E-state index in [-0.39, 0.29) is 18.4 Å². The minimum Gasteiger partial charge on any atom is -0.350 e. The lowest BCUT2D eigenvalue weighted by Crippen LogP contribution is -2.32. The molecule has 0 saturated carbocycles. The van der Waals surface area contributed by atoms with Gasteiger partial charge in [0, 0.05) is 11.9 Å². The second kappa shape index (κ2) is 7.72. The Morgan fingerprint density at radius 2 is 1.66 bits per heavy atom. The molecular formula is C24H21N3O2. The summed E-state index contributed by atoms with van der Waals surface area (Å²) in [6.45, 7) is 4.10. The molecule has 4 rings (SSSR count). The van der Waals surface area contributed by atoms with Gasteiger partial charge in [0.25, 0.3) is 11.8 Å². The molecule has 0 radical (unpaired) electrons. The quantitative estimate of drug-likeness (QED) is 0.674. The van der Waals surface area contributed by atoms with Crippen molar-refractivity contribution in [1.29, 1.82) is 0 Å². The molecule has 2 aromatic carbocycles. The van der Waals surface area contributed by atoms with Crippen molar-refractivity contribution in [3.63, 3.8) is 0 Å². The van der Waals surface area contributed by atoms with E-state index in [1.54, 1.807) is 18.3 Å². The Hall–Kier alpha value is -3.73. The number of carbonyl (C=O) groups is 2. The Bertz CT molecular complexity index is 1100. The van der Waals surface area contributed by atoms with Crippen LogP contribution in [0.1, 0.15) is 22.4 Å². The van der Waals surface area contributed by atoms with Gasteiger partial charge in [-0.2, -0.15) is 0 Å². The summed E-state index contributed by atoms with van der Waals surface area (Å²) in [6.07, 6.45) is 1.65. The van der Waals surface area contributed by atoms with Crippen molar-refractivity contribution in [2.24, 2.45) is 0 Å². The van der Waals surface area contributed by atoms with Gasteiger partial charge in [0.05, 0.1) is 17.8 Å². The van der Waals surface area contributed by atoms with Crippen LogP contribution in [0.4, 0.5) is 5.69 Å². The molecule has 144 valence electrons. The van der Waals surface area contributed by atoms with E-state index >= 15 is 0 Å². The van der Waals surface area contributed by atoms with E-state index < -0.39 is 0 Å². The van der Waals surface area contributed by atoms with Gasteiger partial charge >= 0.3 is 0 Å². The predicted molar refractivity (Wildman–Crippen MR) is 113 cm³/mol. The van der Waals surface area contributed by atoms with Crippen LogP contribution in [0, 0.1) is 13.8 Å². The van der Waals surface area contributed by atoms with Gasteiger partial charge in [-0.3, -0.25) is 19.5 Å². The minimum atomic E-state index is -0.349. The highest BCUT2D eigenvalue weighted by Crippen LogP contribution is 2.31. The number of pyridine rings is 1. The van der Waals surface area contributed by atoms with Crippen LogP contribution in [0.25, 0.3) is 5.57 Å². The normalized spacial score (nSPS) is 13.9. The van der Waals surface area contributed by atoms with Crippen molar-refractivity contribution >= 4 is 23.1 Å². The van der Waals surface area contributed by atoms with Gasteiger partial charge in [0.1, 0.15) is 5.70 Å². The number of anilines is 1. The number of hydrogen-bond acceptors (Lipinski definition) is 4. The number of amides is 2. The van der Waals surface area contributed by atoms with Crippen molar-refractivity contribution in [3.05, 3.63) is 101 Å². The second-order valence-corrected chi connectivity index (χ2v) is 7.13. The molecule has 1 aromatic heterocycles. The Morgan fingerprint density at radius 3 is 2.34 bits per heavy atom. The summed E-state index contributed by atoms with van der Waals surface area (Å²) in [7, 11) is 0. The largest absolute Gasteiger partial charge is 0.350 e. The van der Waals surface area contributed by atoms with E-state index in [0.29, 0.717) is 22.5 Å². The molecule has 0 bridgehead atoms. The summed E-state index contributed by atoms with van der Waals surface area (Å²) in [5.74, 6) is -0.669. The first-order valence-corrected chi connectivity index (χ1v) is 9.44. The Labute approximate surface area is 169 Å². The van der Waals surface area contributed by atoms with E-state index in [2.05, 4.69) is 10.3 Å². The number of nitrogens with zero attached hydrogens (tertiary/aromatic N) is 2. The first-order chi connectivity index (χ1) is 14.0. The van der Waals surface area contributed by atoms with Crippen molar-refractivity contribution in [1.82, 2.24) is 9.88 Å². The zero-order valence-electron chi connectivity index (χ0n) is 16.3. The summed E-state index contributed by atoms with van der Waals surface area (Å²) < 4.78 is 0. The molecule has 1 aliphatic rings. The molecule has 3 aromatic rings. The molecule has 29 heavy (non-hydrogen) atoms. The summed E-state index contributed by atoms with van der Waals surface area (Å²) in [6, 6.07) is 20.8. The van der Waals surface area contributed by atoms with Crippen molar-refractivity contribution < 1.29 is 9.59 Å². The first-order valence-electron chi connectivity index (χ1n) is 9.44. The number of nitrogens with one attached hydrogen (secondary N) is 1. The molecule has 0 atom stereocenters. The van der Waals surface area contributed by atoms with Gasteiger partial charge in [0.15, 0.2) is 0 Å². The maximum absolute atomic E-state index is 13.3. The fraction of sp³-hybridized carbons (Fsp3) is 0.125. The highest BCUT2D eigenvalue weighted by atomic mass is 16.2. The number of benzene rings is 2. The van der Waals surface area contributed by atoms with E-state index in [9.17, 15) is 9.59 Å². The lowest BCUT2D eigenvalue weighted by atomic mass is 10.0. The van der Waals surface area contributed by atoms with Gasteiger partial charge in [-0.05, 0) is 49.2 Å². The molecule has 5 heteroatoms. The van der Waals surface area contributed by atoms with Crippen LogP contribution in [0.15, 0.2) is 78.6 Å². The fourth-order valence-electron chi connectivity index (χ4n) is 3.34. The van der Waals surface area contributed by atoms with E-state index in [4.69, 9.17) is 0 Å². The van der Waals surface area contributed by atoms with Gasteiger partial charge in [-0.25, -0.2) is 0 Å². The van der Waals surface area contributed by atoms with Crippen LogP contribution in [0.3, 0.4) is 0 Å². The van der Waals surface area contributed by atoms with Crippen LogP contribution >= 0.6 is 0 Å². The summed E-state index contributed by atoms with van der Waals surface area (Å²) in [4.78, 5) is 32.0. The summed E-state index contributed by atoms with van der Waals surface area (Å²) in [5, 5.41) is 3.19.